The number of rotatable bonds is 4. The van der Waals surface area contributed by atoms with Gasteiger partial charge in [0.15, 0.2) is 5.82 Å². The lowest BCUT2D eigenvalue weighted by molar-refractivity contribution is 0.132. The first-order chi connectivity index (χ1) is 8.28. The Kier molecular flexibility index (Phi) is 4.34. The van der Waals surface area contributed by atoms with Gasteiger partial charge in [0, 0.05) is 6.04 Å². The fourth-order valence-corrected chi connectivity index (χ4v) is 2.26. The van der Waals surface area contributed by atoms with Gasteiger partial charge < -0.3 is 11.5 Å². The van der Waals surface area contributed by atoms with Gasteiger partial charge in [-0.05, 0) is 37.8 Å². The molecule has 0 radical (unpaired) electrons. The summed E-state index contributed by atoms with van der Waals surface area (Å²) in [7, 11) is 0. The van der Waals surface area contributed by atoms with Crippen LogP contribution in [0.4, 0.5) is 0 Å². The molecule has 0 unspecified atom stereocenters. The molecular weight excluding hydrogens is 228 g/mol. The summed E-state index contributed by atoms with van der Waals surface area (Å²) in [5, 5.41) is 8.84. The van der Waals surface area contributed by atoms with Gasteiger partial charge in [-0.25, -0.2) is 10.8 Å². The second-order valence-corrected chi connectivity index (χ2v) is 5.61. The number of hydrazine groups is 1. The van der Waals surface area contributed by atoms with Crippen molar-refractivity contribution in [2.45, 2.75) is 45.6 Å². The molecule has 0 heterocycles. The fourth-order valence-electron chi connectivity index (χ4n) is 2.26. The van der Waals surface area contributed by atoms with Crippen molar-refractivity contribution < 1.29 is 0 Å². The quantitative estimate of drug-likeness (QED) is 0.257. The second-order valence-electron chi connectivity index (χ2n) is 5.61. The number of aliphatic imine (C=N–C) groups is 1. The van der Waals surface area contributed by atoms with Crippen LogP contribution in [0.2, 0.25) is 0 Å². The first-order valence-electron chi connectivity index (χ1n) is 6.13. The molecule has 0 spiro atoms. The van der Waals surface area contributed by atoms with E-state index in [4.69, 9.17) is 22.7 Å². The Balaban J connectivity index is 2.81. The molecule has 1 fully saturated rings. The molecule has 0 aromatic carbocycles. The zero-order valence-electron chi connectivity index (χ0n) is 11.2. The van der Waals surface area contributed by atoms with Crippen LogP contribution in [-0.4, -0.2) is 23.6 Å². The van der Waals surface area contributed by atoms with Crippen LogP contribution in [0, 0.1) is 10.8 Å². The number of nitrogens with one attached hydrogen (secondary N) is 1. The van der Waals surface area contributed by atoms with Crippen molar-refractivity contribution in [2.75, 3.05) is 0 Å². The van der Waals surface area contributed by atoms with Crippen molar-refractivity contribution in [1.82, 2.24) is 5.01 Å². The van der Waals surface area contributed by atoms with Crippen LogP contribution in [-0.2, 0) is 0 Å². The molecule has 0 amide bonds. The molecule has 102 valence electrons. The van der Waals surface area contributed by atoms with Gasteiger partial charge in [-0.2, -0.15) is 0 Å². The minimum absolute atomic E-state index is 0.0809. The first kappa shape index (κ1) is 14.5. The van der Waals surface area contributed by atoms with Gasteiger partial charge in [-0.3, -0.25) is 10.4 Å². The second kappa shape index (κ2) is 5.39. The van der Waals surface area contributed by atoms with Gasteiger partial charge in [0.05, 0.1) is 0 Å². The van der Waals surface area contributed by atoms with Crippen molar-refractivity contribution in [3.05, 3.63) is 11.5 Å². The summed E-state index contributed by atoms with van der Waals surface area (Å²) >= 11 is 0. The van der Waals surface area contributed by atoms with Gasteiger partial charge in [0.1, 0.15) is 11.5 Å². The lowest BCUT2D eigenvalue weighted by atomic mass is 9.75. The van der Waals surface area contributed by atoms with Crippen molar-refractivity contribution in [1.29, 1.82) is 5.41 Å². The highest BCUT2D eigenvalue weighted by Crippen LogP contribution is 2.37. The molecule has 6 heteroatoms. The Morgan fingerprint density at radius 1 is 1.33 bits per heavy atom. The van der Waals surface area contributed by atoms with E-state index in [0.717, 1.165) is 25.7 Å². The number of hydrogen-bond acceptors (Lipinski definition) is 5. The molecule has 1 rings (SSSR count). The smallest absolute Gasteiger partial charge is 0.169 e. The molecule has 1 aliphatic carbocycles. The molecule has 1 aliphatic rings. The molecule has 0 bridgehead atoms. The summed E-state index contributed by atoms with van der Waals surface area (Å²) in [6, 6.07) is 0.177. The number of nitrogens with zero attached hydrogens (tertiary/aromatic N) is 2. The van der Waals surface area contributed by atoms with E-state index in [2.05, 4.69) is 25.6 Å². The first-order valence-corrected chi connectivity index (χ1v) is 6.13. The molecule has 0 aromatic heterocycles. The van der Waals surface area contributed by atoms with Gasteiger partial charge in [0.25, 0.3) is 0 Å². The maximum absolute atomic E-state index is 7.33. The number of nitrogens with two attached hydrogens (primary N) is 3. The van der Waals surface area contributed by atoms with Gasteiger partial charge in [-0.15, -0.1) is 0 Å². The van der Waals surface area contributed by atoms with E-state index in [0.29, 0.717) is 11.2 Å². The summed E-state index contributed by atoms with van der Waals surface area (Å²) in [6.07, 6.45) is 4.17. The largest absolute Gasteiger partial charge is 0.393 e. The van der Waals surface area contributed by atoms with E-state index < -0.39 is 0 Å². The Labute approximate surface area is 108 Å². The average Bonchev–Trinajstić information content (AvgIpc) is 2.29. The van der Waals surface area contributed by atoms with Crippen LogP contribution in [0.15, 0.2) is 16.5 Å². The van der Waals surface area contributed by atoms with E-state index >= 15 is 0 Å². The van der Waals surface area contributed by atoms with E-state index in [1.165, 1.54) is 5.01 Å². The SMILES string of the molecule is C=N/C(=C(/N)C(=N)N)N(N)C1CCC(C)(C)CC1. The Morgan fingerprint density at radius 3 is 2.22 bits per heavy atom. The van der Waals surface area contributed by atoms with Gasteiger partial charge in [0.2, 0.25) is 0 Å². The van der Waals surface area contributed by atoms with E-state index in [9.17, 15) is 0 Å². The highest BCUT2D eigenvalue weighted by Gasteiger charge is 2.30. The maximum atomic E-state index is 7.33. The molecule has 0 atom stereocenters. The minimum atomic E-state index is -0.232. The minimum Gasteiger partial charge on any atom is -0.393 e. The molecule has 7 N–H and O–H groups in total. The zero-order valence-corrected chi connectivity index (χ0v) is 11.2. The molecule has 0 aliphatic heterocycles. The third kappa shape index (κ3) is 3.22. The van der Waals surface area contributed by atoms with Crippen molar-refractivity contribution >= 4 is 12.6 Å². The van der Waals surface area contributed by atoms with Crippen molar-refractivity contribution in [3.8, 4) is 0 Å². The standard InChI is InChI=1S/C12H24N6/c1-12(2)6-4-8(5-7-12)18(16)11(17-3)9(13)10(14)15/h8H,3-7,13,16H2,1-2H3,(H3,14,15)/b11-9-. The molecule has 6 nitrogen and oxygen atoms in total. The normalized spacial score (nSPS) is 21.1. The fraction of sp³-hybridized carbons (Fsp3) is 0.667. The highest BCUT2D eigenvalue weighted by molar-refractivity contribution is 5.94. The van der Waals surface area contributed by atoms with Crippen molar-refractivity contribution in [3.63, 3.8) is 0 Å². The molecular formula is C12H24N6. The lowest BCUT2D eigenvalue weighted by Crippen LogP contribution is -2.45. The van der Waals surface area contributed by atoms with E-state index in [1.54, 1.807) is 0 Å². The maximum Gasteiger partial charge on any atom is 0.169 e. The number of hydrogen-bond donors (Lipinski definition) is 4. The van der Waals surface area contributed by atoms with E-state index in [1.807, 2.05) is 0 Å². The number of amidine groups is 1. The third-order valence-corrected chi connectivity index (χ3v) is 3.63. The summed E-state index contributed by atoms with van der Waals surface area (Å²) in [6.45, 7) is 7.97. The highest BCUT2D eigenvalue weighted by atomic mass is 15.5. The Hall–Kier alpha value is -1.56. The molecule has 0 aromatic rings. The third-order valence-electron chi connectivity index (χ3n) is 3.63. The van der Waals surface area contributed by atoms with Gasteiger partial charge in [-0.1, -0.05) is 13.8 Å². The topological polar surface area (TPSA) is 118 Å². The lowest BCUT2D eigenvalue weighted by Gasteiger charge is -2.39. The van der Waals surface area contributed by atoms with Crippen LogP contribution in [0.5, 0.6) is 0 Å². The predicted octanol–water partition coefficient (Wildman–Crippen LogP) is 0.895. The summed E-state index contributed by atoms with van der Waals surface area (Å²) in [5.74, 6) is 6.11. The van der Waals surface area contributed by atoms with Crippen LogP contribution >= 0.6 is 0 Å². The van der Waals surface area contributed by atoms with Crippen LogP contribution < -0.4 is 17.3 Å². The van der Waals surface area contributed by atoms with Crippen LogP contribution in [0.25, 0.3) is 0 Å². The molecule has 1 saturated carbocycles. The van der Waals surface area contributed by atoms with Crippen LogP contribution in [0.3, 0.4) is 0 Å². The van der Waals surface area contributed by atoms with Crippen molar-refractivity contribution in [2.24, 2.45) is 27.7 Å². The Bertz CT molecular complexity index is 361. The van der Waals surface area contributed by atoms with Crippen LogP contribution in [0.1, 0.15) is 39.5 Å². The monoisotopic (exact) mass is 252 g/mol. The summed E-state index contributed by atoms with van der Waals surface area (Å²) in [4.78, 5) is 3.81. The molecule has 0 saturated heterocycles. The average molecular weight is 252 g/mol. The van der Waals surface area contributed by atoms with E-state index in [-0.39, 0.29) is 17.6 Å². The zero-order chi connectivity index (χ0) is 13.9. The molecule has 18 heavy (non-hydrogen) atoms. The predicted molar refractivity (Wildman–Crippen MR) is 74.7 cm³/mol. The summed E-state index contributed by atoms with van der Waals surface area (Å²) in [5.41, 5.74) is 11.5. The Morgan fingerprint density at radius 2 is 1.83 bits per heavy atom. The summed E-state index contributed by atoms with van der Waals surface area (Å²) < 4.78 is 0. The van der Waals surface area contributed by atoms with Gasteiger partial charge >= 0.3 is 0 Å².